The van der Waals surface area contributed by atoms with E-state index in [0.29, 0.717) is 5.92 Å². The Hall–Kier alpha value is -3.16. The highest BCUT2D eigenvalue weighted by Gasteiger charge is 2.28. The Kier molecular flexibility index (Phi) is 3.00. The van der Waals surface area contributed by atoms with E-state index in [1.54, 1.807) is 0 Å². The van der Waals surface area contributed by atoms with Crippen molar-refractivity contribution in [2.45, 2.75) is 25.7 Å². The molecule has 0 saturated heterocycles. The van der Waals surface area contributed by atoms with Crippen molar-refractivity contribution in [3.63, 3.8) is 0 Å². The number of nitrogens with zero attached hydrogens (tertiary/aromatic N) is 4. The number of hydrogen-bond donors (Lipinski definition) is 3. The first-order valence-corrected chi connectivity index (χ1v) is 9.25. The predicted molar refractivity (Wildman–Crippen MR) is 104 cm³/mol. The van der Waals surface area contributed by atoms with E-state index in [-0.39, 0.29) is 0 Å². The lowest BCUT2D eigenvalue weighted by molar-refractivity contribution is -0.711. The maximum absolute atomic E-state index is 4.57. The van der Waals surface area contributed by atoms with Crippen molar-refractivity contribution >= 4 is 28.1 Å². The number of aryl methyl sites for hydroxylation is 1. The fraction of sp³-hybridized carbons (Fsp3) is 0.200. The molecule has 0 bridgehead atoms. The summed E-state index contributed by atoms with van der Waals surface area (Å²) in [5.41, 5.74) is 14.3. The van der Waals surface area contributed by atoms with E-state index >= 15 is 0 Å². The first-order valence-electron chi connectivity index (χ1n) is 9.25. The van der Waals surface area contributed by atoms with Gasteiger partial charge in [-0.15, -0.1) is 5.10 Å². The molecular weight excluding hydrogens is 338 g/mol. The molecule has 2 aromatic heterocycles. The highest BCUT2D eigenvalue weighted by Crippen LogP contribution is 2.39. The average Bonchev–Trinajstić information content (AvgIpc) is 3.09. The van der Waals surface area contributed by atoms with Crippen LogP contribution >= 0.6 is 0 Å². The Morgan fingerprint density at radius 2 is 2.07 bits per heavy atom. The van der Waals surface area contributed by atoms with Crippen molar-refractivity contribution in [2.75, 3.05) is 5.43 Å². The summed E-state index contributed by atoms with van der Waals surface area (Å²) in [5, 5.41) is 14.2. The molecule has 1 saturated carbocycles. The first-order chi connectivity index (χ1) is 13.3. The van der Waals surface area contributed by atoms with Crippen LogP contribution in [0.1, 0.15) is 30.0 Å². The number of aromatic nitrogens is 4. The molecule has 0 radical (unpaired) electrons. The molecule has 1 aliphatic heterocycles. The van der Waals surface area contributed by atoms with Gasteiger partial charge in [-0.3, -0.25) is 5.10 Å². The number of quaternary nitrogens is 1. The largest absolute Gasteiger partial charge is 0.434 e. The molecular formula is C20H19N7. The van der Waals surface area contributed by atoms with Gasteiger partial charge in [0.15, 0.2) is 5.69 Å². The molecule has 1 atom stereocenters. The van der Waals surface area contributed by atoms with Crippen LogP contribution in [0.25, 0.3) is 22.1 Å². The number of hydrogen-bond acceptors (Lipinski definition) is 3. The molecule has 1 unspecified atom stereocenters. The van der Waals surface area contributed by atoms with Crippen molar-refractivity contribution < 1.29 is 5.01 Å². The molecule has 7 nitrogen and oxygen atoms in total. The number of H-pyrrole nitrogens is 1. The summed E-state index contributed by atoms with van der Waals surface area (Å²) in [6, 6.07) is 14.8. The molecule has 7 heteroatoms. The standard InChI is InChI=1S/C20H19N7/c1-12-2-6-18-14(8-12)11-21-26(18)15-5-7-19-17(9-15)23-25-27(19)20-10-16(22-24-20)13-3-4-13/h2,5-11,13,23,27H,3-4H2,1H3,(H,22,24). The summed E-state index contributed by atoms with van der Waals surface area (Å²) in [5.74, 6) is 1.55. The van der Waals surface area contributed by atoms with Gasteiger partial charge >= 0.3 is 0 Å². The van der Waals surface area contributed by atoms with Gasteiger partial charge in [-0.25, -0.2) is 4.68 Å². The summed E-state index contributed by atoms with van der Waals surface area (Å²) < 4.78 is 1.97. The highest BCUT2D eigenvalue weighted by molar-refractivity contribution is 5.81. The molecule has 0 spiro atoms. The van der Waals surface area contributed by atoms with Gasteiger partial charge in [0, 0.05) is 29.1 Å². The summed E-state index contributed by atoms with van der Waals surface area (Å²) >= 11 is 0. The van der Waals surface area contributed by atoms with E-state index in [4.69, 9.17) is 0 Å². The van der Waals surface area contributed by atoms with Gasteiger partial charge in [-0.1, -0.05) is 11.6 Å². The second-order valence-electron chi connectivity index (χ2n) is 7.40. The third-order valence-electron chi connectivity index (χ3n) is 5.37. The van der Waals surface area contributed by atoms with Gasteiger partial charge in [0.25, 0.3) is 0 Å². The lowest BCUT2D eigenvalue weighted by Crippen LogP contribution is -2.96. The van der Waals surface area contributed by atoms with Gasteiger partial charge in [0.2, 0.25) is 5.82 Å². The third kappa shape index (κ3) is 2.36. The normalized spacial score (nSPS) is 18.6. The second kappa shape index (κ2) is 5.42. The molecule has 0 amide bonds. The Morgan fingerprint density at radius 1 is 1.15 bits per heavy atom. The maximum Gasteiger partial charge on any atom is 0.241 e. The molecule has 1 aliphatic carbocycles. The van der Waals surface area contributed by atoms with E-state index < -0.39 is 0 Å². The number of fused-ring (bicyclic) bond motifs is 2. The smallest absolute Gasteiger partial charge is 0.241 e. The Bertz CT molecular complexity index is 1170. The quantitative estimate of drug-likeness (QED) is 0.526. The van der Waals surface area contributed by atoms with Gasteiger partial charge < -0.3 is 16.0 Å². The summed E-state index contributed by atoms with van der Waals surface area (Å²) in [4.78, 5) is 0. The van der Waals surface area contributed by atoms with Gasteiger partial charge in [0.1, 0.15) is 0 Å². The molecule has 3 heterocycles. The number of nitrogens with one attached hydrogen (secondary N) is 3. The van der Waals surface area contributed by atoms with Crippen LogP contribution in [0.3, 0.4) is 0 Å². The summed E-state index contributed by atoms with van der Waals surface area (Å²) in [6.45, 7) is 2.10. The fourth-order valence-corrected chi connectivity index (χ4v) is 3.75. The Labute approximate surface area is 155 Å². The second-order valence-corrected chi connectivity index (χ2v) is 7.40. The van der Waals surface area contributed by atoms with Gasteiger partial charge in [-0.05, 0) is 44.0 Å². The van der Waals surface area contributed by atoms with Crippen LogP contribution in [0.5, 0.6) is 0 Å². The number of anilines is 1. The lowest BCUT2D eigenvalue weighted by atomic mass is 10.2. The SMILES string of the molecule is Cc1ccc2c(cnn2-c2ccc3c(c2)N[N-][NH+]3c2cc(C3CC3)[nH]n2)c1. The van der Waals surface area contributed by atoms with E-state index in [0.717, 1.165) is 38.8 Å². The number of rotatable bonds is 3. The number of benzene rings is 2. The van der Waals surface area contributed by atoms with Crippen molar-refractivity contribution in [3.05, 3.63) is 65.5 Å². The van der Waals surface area contributed by atoms with Crippen LogP contribution < -0.4 is 10.4 Å². The van der Waals surface area contributed by atoms with Gasteiger partial charge in [0.05, 0.1) is 23.1 Å². The van der Waals surface area contributed by atoms with E-state index in [9.17, 15) is 0 Å². The van der Waals surface area contributed by atoms with Crippen molar-refractivity contribution in [2.24, 2.45) is 0 Å². The zero-order valence-corrected chi connectivity index (χ0v) is 14.9. The Balaban J connectivity index is 1.37. The van der Waals surface area contributed by atoms with Crippen LogP contribution in [-0.4, -0.2) is 20.0 Å². The van der Waals surface area contributed by atoms with E-state index in [1.807, 2.05) is 10.9 Å². The highest BCUT2D eigenvalue weighted by atomic mass is 15.7. The van der Waals surface area contributed by atoms with Gasteiger partial charge in [-0.2, -0.15) is 5.10 Å². The predicted octanol–water partition coefficient (Wildman–Crippen LogP) is 3.41. The first kappa shape index (κ1) is 15.0. The van der Waals surface area contributed by atoms with E-state index in [2.05, 4.69) is 75.6 Å². The van der Waals surface area contributed by atoms with Crippen LogP contribution in [0.15, 0.2) is 48.7 Å². The topological polar surface area (TPSA) is 77.1 Å². The minimum absolute atomic E-state index is 0.653. The van der Waals surface area contributed by atoms with Crippen LogP contribution in [-0.2, 0) is 0 Å². The zero-order chi connectivity index (χ0) is 18.0. The number of aromatic amines is 1. The summed E-state index contributed by atoms with van der Waals surface area (Å²) in [6.07, 6.45) is 4.42. The minimum Gasteiger partial charge on any atom is -0.434 e. The molecule has 134 valence electrons. The van der Waals surface area contributed by atoms with Crippen molar-refractivity contribution in [3.8, 4) is 5.69 Å². The average molecular weight is 357 g/mol. The van der Waals surface area contributed by atoms with Crippen LogP contribution in [0.2, 0.25) is 0 Å². The molecule has 4 aromatic rings. The van der Waals surface area contributed by atoms with E-state index in [1.165, 1.54) is 24.1 Å². The molecule has 3 N–H and O–H groups in total. The molecule has 2 aromatic carbocycles. The third-order valence-corrected chi connectivity index (χ3v) is 5.37. The maximum atomic E-state index is 4.57. The summed E-state index contributed by atoms with van der Waals surface area (Å²) in [7, 11) is 0. The lowest BCUT2D eigenvalue weighted by Gasteiger charge is -2.19. The van der Waals surface area contributed by atoms with Crippen molar-refractivity contribution in [1.29, 1.82) is 0 Å². The zero-order valence-electron chi connectivity index (χ0n) is 14.9. The van der Waals surface area contributed by atoms with Crippen LogP contribution in [0, 0.1) is 6.92 Å². The minimum atomic E-state index is 0.653. The molecule has 1 fully saturated rings. The molecule has 27 heavy (non-hydrogen) atoms. The molecule has 2 aliphatic rings. The fourth-order valence-electron chi connectivity index (χ4n) is 3.75. The van der Waals surface area contributed by atoms with Crippen molar-refractivity contribution in [1.82, 2.24) is 20.0 Å². The Morgan fingerprint density at radius 3 is 2.96 bits per heavy atom. The monoisotopic (exact) mass is 357 g/mol. The van der Waals surface area contributed by atoms with Crippen LogP contribution in [0.4, 0.5) is 17.2 Å². The molecule has 6 rings (SSSR count).